The normalized spacial score (nSPS) is 22.6. The Kier molecular flexibility index (Phi) is 3.49. The number of hydrogen-bond acceptors (Lipinski definition) is 4. The van der Waals surface area contributed by atoms with Gasteiger partial charge in [-0.1, -0.05) is 18.2 Å². The van der Waals surface area contributed by atoms with Gasteiger partial charge in [0.15, 0.2) is 9.84 Å². The van der Waals surface area contributed by atoms with E-state index in [0.29, 0.717) is 22.8 Å². The molecule has 1 amide bonds. The van der Waals surface area contributed by atoms with Crippen molar-refractivity contribution in [2.75, 3.05) is 11.5 Å². The lowest BCUT2D eigenvalue weighted by Crippen LogP contribution is -2.36. The van der Waals surface area contributed by atoms with Crippen LogP contribution >= 0.6 is 0 Å². The Hall–Kier alpha value is -2.15. The van der Waals surface area contributed by atoms with Crippen LogP contribution in [0.15, 0.2) is 35.3 Å². The Morgan fingerprint density at radius 2 is 1.83 bits per heavy atom. The fourth-order valence-corrected chi connectivity index (χ4v) is 4.96. The van der Waals surface area contributed by atoms with E-state index in [1.165, 1.54) is 0 Å². The first-order chi connectivity index (χ1) is 11.4. The van der Waals surface area contributed by atoms with Gasteiger partial charge in [0.1, 0.15) is 0 Å². The summed E-state index contributed by atoms with van der Waals surface area (Å²) in [6.45, 7) is 0. The van der Waals surface area contributed by atoms with Crippen LogP contribution < -0.4 is 10.9 Å². The molecule has 1 atom stereocenters. The first-order valence-corrected chi connectivity index (χ1v) is 9.92. The molecule has 0 unspecified atom stereocenters. The molecule has 2 aromatic rings. The standard InChI is InChI=1S/C17H18N2O4S/c20-16(18-11-7-8-24(22,23)10-11)15-9-19(12-5-6-12)17(21)14-4-2-1-3-13(14)15/h1-4,9,11-12H,5-8,10H2,(H,18,20)/t11-/m0/s1. The number of benzene rings is 1. The Morgan fingerprint density at radius 1 is 1.12 bits per heavy atom. The van der Waals surface area contributed by atoms with Gasteiger partial charge in [0.05, 0.1) is 17.1 Å². The fourth-order valence-electron chi connectivity index (χ4n) is 3.29. The summed E-state index contributed by atoms with van der Waals surface area (Å²) in [6.07, 6.45) is 3.95. The van der Waals surface area contributed by atoms with E-state index in [2.05, 4.69) is 5.32 Å². The van der Waals surface area contributed by atoms with E-state index < -0.39 is 9.84 Å². The summed E-state index contributed by atoms with van der Waals surface area (Å²) in [6, 6.07) is 6.87. The third-order valence-corrected chi connectivity index (χ3v) is 6.47. The van der Waals surface area contributed by atoms with Gasteiger partial charge in [-0.25, -0.2) is 8.42 Å². The average molecular weight is 346 g/mol. The quantitative estimate of drug-likeness (QED) is 0.906. The van der Waals surface area contributed by atoms with Crippen molar-refractivity contribution < 1.29 is 13.2 Å². The molecule has 4 rings (SSSR count). The van der Waals surface area contributed by atoms with E-state index in [1.807, 2.05) is 0 Å². The predicted molar refractivity (Wildman–Crippen MR) is 91.0 cm³/mol. The van der Waals surface area contributed by atoms with Crippen molar-refractivity contribution in [2.24, 2.45) is 0 Å². The van der Waals surface area contributed by atoms with Crippen LogP contribution in [0.1, 0.15) is 35.7 Å². The maximum atomic E-state index is 12.7. The van der Waals surface area contributed by atoms with Gasteiger partial charge in [-0.3, -0.25) is 9.59 Å². The van der Waals surface area contributed by atoms with Crippen molar-refractivity contribution in [1.29, 1.82) is 0 Å². The molecule has 0 bridgehead atoms. The lowest BCUT2D eigenvalue weighted by Gasteiger charge is -2.14. The molecule has 24 heavy (non-hydrogen) atoms. The monoisotopic (exact) mass is 346 g/mol. The highest BCUT2D eigenvalue weighted by Crippen LogP contribution is 2.34. The number of rotatable bonds is 3. The zero-order valence-electron chi connectivity index (χ0n) is 13.1. The molecule has 2 heterocycles. The van der Waals surface area contributed by atoms with Crippen LogP contribution in [0, 0.1) is 0 Å². The minimum Gasteiger partial charge on any atom is -0.348 e. The largest absolute Gasteiger partial charge is 0.348 e. The van der Waals surface area contributed by atoms with E-state index >= 15 is 0 Å². The van der Waals surface area contributed by atoms with E-state index in [4.69, 9.17) is 0 Å². The molecule has 1 N–H and O–H groups in total. The molecule has 1 aromatic heterocycles. The van der Waals surface area contributed by atoms with Gasteiger partial charge in [0.2, 0.25) is 0 Å². The summed E-state index contributed by atoms with van der Waals surface area (Å²) in [5.74, 6) is -0.221. The molecule has 0 spiro atoms. The second-order valence-corrected chi connectivity index (χ2v) is 8.83. The number of carbonyl (C=O) groups is 1. The Bertz CT molecular complexity index is 989. The summed E-state index contributed by atoms with van der Waals surface area (Å²) in [5.41, 5.74) is 0.356. The number of aromatic nitrogens is 1. The van der Waals surface area contributed by atoms with Crippen LogP contribution in [0.3, 0.4) is 0 Å². The Morgan fingerprint density at radius 3 is 2.46 bits per heavy atom. The number of nitrogens with zero attached hydrogens (tertiary/aromatic N) is 1. The summed E-state index contributed by atoms with van der Waals surface area (Å²) in [4.78, 5) is 25.3. The number of nitrogens with one attached hydrogen (secondary N) is 1. The van der Waals surface area contributed by atoms with Gasteiger partial charge in [0, 0.05) is 29.1 Å². The molecule has 6 nitrogen and oxygen atoms in total. The number of amides is 1. The first-order valence-electron chi connectivity index (χ1n) is 8.10. The third-order valence-electron chi connectivity index (χ3n) is 4.70. The van der Waals surface area contributed by atoms with E-state index in [-0.39, 0.29) is 35.1 Å². The lowest BCUT2D eigenvalue weighted by molar-refractivity contribution is 0.0942. The average Bonchev–Trinajstić information content (AvgIpc) is 3.32. The van der Waals surface area contributed by atoms with E-state index in [9.17, 15) is 18.0 Å². The predicted octanol–water partition coefficient (Wildman–Crippen LogP) is 1.25. The van der Waals surface area contributed by atoms with Crippen LogP contribution in [0.25, 0.3) is 10.8 Å². The highest BCUT2D eigenvalue weighted by Gasteiger charge is 2.31. The summed E-state index contributed by atoms with van der Waals surface area (Å²) in [5, 5.41) is 3.95. The minimum absolute atomic E-state index is 0.0149. The molecule has 7 heteroatoms. The van der Waals surface area contributed by atoms with Crippen molar-refractivity contribution in [2.45, 2.75) is 31.3 Å². The highest BCUT2D eigenvalue weighted by molar-refractivity contribution is 7.91. The molecule has 126 valence electrons. The van der Waals surface area contributed by atoms with Crippen LogP contribution in [0.5, 0.6) is 0 Å². The number of sulfone groups is 1. The number of fused-ring (bicyclic) bond motifs is 1. The molecular formula is C17H18N2O4S. The molecular weight excluding hydrogens is 328 g/mol. The first kappa shape index (κ1) is 15.4. The van der Waals surface area contributed by atoms with Gasteiger partial charge in [-0.05, 0) is 25.3 Å². The second kappa shape index (κ2) is 5.44. The van der Waals surface area contributed by atoms with Crippen molar-refractivity contribution in [3.63, 3.8) is 0 Å². The molecule has 0 radical (unpaired) electrons. The van der Waals surface area contributed by atoms with E-state index in [1.54, 1.807) is 35.0 Å². The number of hydrogen-bond donors (Lipinski definition) is 1. The SMILES string of the molecule is O=C(N[C@H]1CCS(=O)(=O)C1)c1cn(C2CC2)c(=O)c2ccccc12. The summed E-state index contributed by atoms with van der Waals surface area (Å²) < 4.78 is 24.8. The summed E-state index contributed by atoms with van der Waals surface area (Å²) >= 11 is 0. The van der Waals surface area contributed by atoms with Crippen molar-refractivity contribution >= 4 is 26.5 Å². The van der Waals surface area contributed by atoms with Gasteiger partial charge < -0.3 is 9.88 Å². The van der Waals surface area contributed by atoms with E-state index in [0.717, 1.165) is 12.8 Å². The number of pyridine rings is 1. The second-order valence-electron chi connectivity index (χ2n) is 6.61. The lowest BCUT2D eigenvalue weighted by atomic mass is 10.1. The molecule has 1 aromatic carbocycles. The zero-order chi connectivity index (χ0) is 16.9. The maximum absolute atomic E-state index is 12.7. The Balaban J connectivity index is 1.74. The van der Waals surface area contributed by atoms with Gasteiger partial charge >= 0.3 is 0 Å². The van der Waals surface area contributed by atoms with Gasteiger partial charge in [0.25, 0.3) is 11.5 Å². The van der Waals surface area contributed by atoms with Crippen molar-refractivity contribution in [1.82, 2.24) is 9.88 Å². The smallest absolute Gasteiger partial charge is 0.258 e. The van der Waals surface area contributed by atoms with Crippen LogP contribution in [-0.4, -0.2) is 36.4 Å². The topological polar surface area (TPSA) is 85.2 Å². The van der Waals surface area contributed by atoms with Gasteiger partial charge in [-0.2, -0.15) is 0 Å². The minimum atomic E-state index is -3.05. The van der Waals surface area contributed by atoms with Gasteiger partial charge in [-0.15, -0.1) is 0 Å². The molecule has 1 aliphatic carbocycles. The fraction of sp³-hybridized carbons (Fsp3) is 0.412. The van der Waals surface area contributed by atoms with Crippen LogP contribution in [-0.2, 0) is 9.84 Å². The van der Waals surface area contributed by atoms with Crippen LogP contribution in [0.2, 0.25) is 0 Å². The summed E-state index contributed by atoms with van der Waals surface area (Å²) in [7, 11) is -3.05. The van der Waals surface area contributed by atoms with Crippen molar-refractivity contribution in [3.8, 4) is 0 Å². The molecule has 1 saturated carbocycles. The zero-order valence-corrected chi connectivity index (χ0v) is 13.9. The highest BCUT2D eigenvalue weighted by atomic mass is 32.2. The third kappa shape index (κ3) is 2.73. The molecule has 1 saturated heterocycles. The number of carbonyl (C=O) groups excluding carboxylic acids is 1. The molecule has 2 aliphatic rings. The maximum Gasteiger partial charge on any atom is 0.258 e. The van der Waals surface area contributed by atoms with Crippen LogP contribution in [0.4, 0.5) is 0 Å². The molecule has 2 fully saturated rings. The molecule has 1 aliphatic heterocycles. The van der Waals surface area contributed by atoms with Crippen molar-refractivity contribution in [3.05, 3.63) is 46.4 Å². The Labute approximate surface area is 139 Å².